The van der Waals surface area contributed by atoms with Gasteiger partial charge in [-0.15, -0.1) is 6.42 Å². The van der Waals surface area contributed by atoms with E-state index in [2.05, 4.69) is 38.8 Å². The van der Waals surface area contributed by atoms with Gasteiger partial charge in [0.05, 0.1) is 6.54 Å². The van der Waals surface area contributed by atoms with Crippen LogP contribution in [-0.2, 0) is 0 Å². The van der Waals surface area contributed by atoms with E-state index in [1.807, 2.05) is 0 Å². The standard InChI is InChI=1S/C9H16IN/c1-3-5-6-7-9-11(10)8-4-2/h2H,3,5-9H2,1H3. The quantitative estimate of drug-likeness (QED) is 0.309. The molecular formula is C9H16IN. The van der Waals surface area contributed by atoms with Crippen LogP contribution in [0, 0.1) is 12.3 Å². The van der Waals surface area contributed by atoms with Crippen LogP contribution in [0.3, 0.4) is 0 Å². The van der Waals surface area contributed by atoms with E-state index in [0.717, 1.165) is 13.1 Å². The lowest BCUT2D eigenvalue weighted by Gasteiger charge is -2.09. The number of hydrogen-bond acceptors (Lipinski definition) is 1. The Morgan fingerprint density at radius 2 is 2.09 bits per heavy atom. The van der Waals surface area contributed by atoms with Crippen molar-refractivity contribution in [1.29, 1.82) is 0 Å². The molecule has 0 aromatic rings. The molecule has 0 heterocycles. The Morgan fingerprint density at radius 3 is 2.64 bits per heavy atom. The van der Waals surface area contributed by atoms with E-state index < -0.39 is 0 Å². The van der Waals surface area contributed by atoms with Gasteiger partial charge in [0.2, 0.25) is 0 Å². The third-order valence-corrected chi connectivity index (χ3v) is 2.34. The fourth-order valence-corrected chi connectivity index (χ4v) is 1.43. The van der Waals surface area contributed by atoms with Crippen LogP contribution >= 0.6 is 22.9 Å². The zero-order chi connectivity index (χ0) is 8.53. The van der Waals surface area contributed by atoms with E-state index in [4.69, 9.17) is 6.42 Å². The van der Waals surface area contributed by atoms with E-state index in [1.54, 1.807) is 0 Å². The number of unbranched alkanes of at least 4 members (excludes halogenated alkanes) is 3. The minimum absolute atomic E-state index is 0.771. The maximum Gasteiger partial charge on any atom is 0.0690 e. The van der Waals surface area contributed by atoms with E-state index in [-0.39, 0.29) is 0 Å². The SMILES string of the molecule is C#CCN(I)CCCCCC. The molecule has 0 amide bonds. The fourth-order valence-electron chi connectivity index (χ4n) is 0.888. The molecule has 0 spiro atoms. The van der Waals surface area contributed by atoms with Crippen molar-refractivity contribution in [2.24, 2.45) is 0 Å². The van der Waals surface area contributed by atoms with Crippen LogP contribution in [-0.4, -0.2) is 16.2 Å². The van der Waals surface area contributed by atoms with Gasteiger partial charge in [0, 0.05) is 29.4 Å². The first-order valence-corrected chi connectivity index (χ1v) is 5.12. The second kappa shape index (κ2) is 8.35. The largest absolute Gasteiger partial charge is 0.236 e. The van der Waals surface area contributed by atoms with Gasteiger partial charge in [-0.1, -0.05) is 32.1 Å². The van der Waals surface area contributed by atoms with E-state index in [9.17, 15) is 0 Å². The van der Waals surface area contributed by atoms with Gasteiger partial charge in [-0.3, -0.25) is 0 Å². The second-order valence-corrected chi connectivity index (χ2v) is 3.97. The molecule has 0 aromatic heterocycles. The first-order valence-electron chi connectivity index (χ1n) is 4.15. The summed E-state index contributed by atoms with van der Waals surface area (Å²) in [4.78, 5) is 0. The Bertz CT molecular complexity index is 117. The van der Waals surface area contributed by atoms with Gasteiger partial charge >= 0.3 is 0 Å². The Kier molecular flexibility index (Phi) is 8.54. The molecule has 11 heavy (non-hydrogen) atoms. The highest BCUT2D eigenvalue weighted by atomic mass is 127. The summed E-state index contributed by atoms with van der Waals surface area (Å²) in [6.45, 7) is 4.13. The van der Waals surface area contributed by atoms with Crippen molar-refractivity contribution in [3.63, 3.8) is 0 Å². The summed E-state index contributed by atoms with van der Waals surface area (Å²) >= 11 is 2.28. The van der Waals surface area contributed by atoms with Crippen LogP contribution in [0.25, 0.3) is 0 Å². The van der Waals surface area contributed by atoms with Crippen LogP contribution in [0.4, 0.5) is 0 Å². The van der Waals surface area contributed by atoms with Crippen molar-refractivity contribution in [2.45, 2.75) is 32.6 Å². The van der Waals surface area contributed by atoms with Gasteiger partial charge in [0.1, 0.15) is 0 Å². The lowest BCUT2D eigenvalue weighted by atomic mass is 10.2. The van der Waals surface area contributed by atoms with Crippen molar-refractivity contribution in [3.8, 4) is 12.3 Å². The molecular weight excluding hydrogens is 249 g/mol. The molecule has 0 saturated heterocycles. The van der Waals surface area contributed by atoms with Crippen molar-refractivity contribution in [2.75, 3.05) is 13.1 Å². The lowest BCUT2D eigenvalue weighted by molar-refractivity contribution is 0.520. The molecule has 0 unspecified atom stereocenters. The molecule has 64 valence electrons. The van der Waals surface area contributed by atoms with Crippen LogP contribution < -0.4 is 0 Å². The predicted molar refractivity (Wildman–Crippen MR) is 58.6 cm³/mol. The van der Waals surface area contributed by atoms with Crippen LogP contribution in [0.5, 0.6) is 0 Å². The third-order valence-electron chi connectivity index (χ3n) is 1.52. The maximum absolute atomic E-state index is 5.16. The highest BCUT2D eigenvalue weighted by Crippen LogP contribution is 2.04. The number of nitrogens with zero attached hydrogens (tertiary/aromatic N) is 1. The Labute approximate surface area is 84.0 Å². The Morgan fingerprint density at radius 1 is 1.36 bits per heavy atom. The van der Waals surface area contributed by atoms with Gasteiger partial charge in [0.15, 0.2) is 0 Å². The van der Waals surface area contributed by atoms with Crippen molar-refractivity contribution < 1.29 is 0 Å². The summed E-state index contributed by atoms with van der Waals surface area (Å²) < 4.78 is 2.16. The number of hydrogen-bond donors (Lipinski definition) is 0. The molecule has 0 rings (SSSR count). The topological polar surface area (TPSA) is 3.24 Å². The maximum atomic E-state index is 5.16. The number of rotatable bonds is 6. The summed E-state index contributed by atoms with van der Waals surface area (Å²) in [6, 6.07) is 0. The highest BCUT2D eigenvalue weighted by Gasteiger charge is 1.95. The summed E-state index contributed by atoms with van der Waals surface area (Å²) in [5.41, 5.74) is 0. The van der Waals surface area contributed by atoms with Gasteiger partial charge in [-0.05, 0) is 6.42 Å². The Balaban J connectivity index is 3.05. The normalized spacial score (nSPS) is 10.0. The monoisotopic (exact) mass is 265 g/mol. The number of halogens is 1. The van der Waals surface area contributed by atoms with E-state index in [1.165, 1.54) is 25.7 Å². The van der Waals surface area contributed by atoms with Crippen molar-refractivity contribution in [1.82, 2.24) is 3.11 Å². The lowest BCUT2D eigenvalue weighted by Crippen LogP contribution is -2.12. The molecule has 0 aliphatic heterocycles. The molecule has 0 aliphatic carbocycles. The van der Waals surface area contributed by atoms with Crippen LogP contribution in [0.15, 0.2) is 0 Å². The highest BCUT2D eigenvalue weighted by molar-refractivity contribution is 14.1. The smallest absolute Gasteiger partial charge is 0.0690 e. The average molecular weight is 265 g/mol. The van der Waals surface area contributed by atoms with Crippen molar-refractivity contribution >= 4 is 22.9 Å². The zero-order valence-electron chi connectivity index (χ0n) is 7.15. The molecule has 0 aromatic carbocycles. The fraction of sp³-hybridized carbons (Fsp3) is 0.778. The van der Waals surface area contributed by atoms with E-state index in [0.29, 0.717) is 0 Å². The zero-order valence-corrected chi connectivity index (χ0v) is 9.30. The molecule has 2 heteroatoms. The summed E-state index contributed by atoms with van der Waals surface area (Å²) in [7, 11) is 0. The summed E-state index contributed by atoms with van der Waals surface area (Å²) in [5, 5.41) is 0. The Hall–Kier alpha value is 0.250. The average Bonchev–Trinajstić information content (AvgIpc) is 1.99. The summed E-state index contributed by atoms with van der Waals surface area (Å²) in [6.07, 6.45) is 10.4. The molecule has 0 bridgehead atoms. The number of terminal acetylenes is 1. The van der Waals surface area contributed by atoms with Crippen LogP contribution in [0.1, 0.15) is 32.6 Å². The molecule has 0 N–H and O–H groups in total. The van der Waals surface area contributed by atoms with Gasteiger partial charge < -0.3 is 0 Å². The molecule has 0 aliphatic rings. The first-order chi connectivity index (χ1) is 5.31. The third kappa shape index (κ3) is 8.15. The molecule has 0 saturated carbocycles. The first kappa shape index (κ1) is 11.2. The van der Waals surface area contributed by atoms with Gasteiger partial charge in [-0.2, -0.15) is 0 Å². The molecule has 0 atom stereocenters. The second-order valence-electron chi connectivity index (χ2n) is 2.61. The minimum atomic E-state index is 0.771. The van der Waals surface area contributed by atoms with Crippen molar-refractivity contribution in [3.05, 3.63) is 0 Å². The molecule has 0 radical (unpaired) electrons. The summed E-state index contributed by atoms with van der Waals surface area (Å²) in [5.74, 6) is 2.63. The minimum Gasteiger partial charge on any atom is -0.236 e. The predicted octanol–water partition coefficient (Wildman–Crippen LogP) is 2.85. The van der Waals surface area contributed by atoms with Gasteiger partial charge in [-0.25, -0.2) is 3.11 Å². The van der Waals surface area contributed by atoms with E-state index >= 15 is 0 Å². The molecule has 1 nitrogen and oxygen atoms in total. The van der Waals surface area contributed by atoms with Gasteiger partial charge in [0.25, 0.3) is 0 Å². The van der Waals surface area contributed by atoms with Crippen LogP contribution in [0.2, 0.25) is 0 Å². The molecule has 0 fully saturated rings.